The minimum atomic E-state index is 0.853. The summed E-state index contributed by atoms with van der Waals surface area (Å²) in [7, 11) is 0. The maximum atomic E-state index is 5.44. The summed E-state index contributed by atoms with van der Waals surface area (Å²) in [4.78, 5) is 0. The van der Waals surface area contributed by atoms with Crippen LogP contribution in [-0.2, 0) is 0 Å². The van der Waals surface area contributed by atoms with Crippen LogP contribution >= 0.6 is 0 Å². The zero-order chi connectivity index (χ0) is 7.40. The molecule has 4 N–H and O–H groups in total. The Balaban J connectivity index is 1.92. The van der Waals surface area contributed by atoms with Gasteiger partial charge >= 0.3 is 0 Å². The van der Waals surface area contributed by atoms with Crippen LogP contribution in [0.25, 0.3) is 0 Å². The predicted octanol–water partition coefficient (Wildman–Crippen LogP) is 0.710. The molecular weight excluding hydrogens is 124 g/mol. The third-order valence-electron chi connectivity index (χ3n) is 2.39. The summed E-state index contributed by atoms with van der Waals surface area (Å²) in [5.41, 5.74) is 10.8. The summed E-state index contributed by atoms with van der Waals surface area (Å²) >= 11 is 0. The fraction of sp³-hybridized carbons (Fsp3) is 1.00. The highest BCUT2D eigenvalue weighted by Crippen LogP contribution is 2.43. The quantitative estimate of drug-likeness (QED) is 0.594. The Kier molecular flexibility index (Phi) is 3.16. The second-order valence-corrected chi connectivity index (χ2v) is 3.26. The minimum absolute atomic E-state index is 0.853. The van der Waals surface area contributed by atoms with E-state index in [4.69, 9.17) is 11.5 Å². The van der Waals surface area contributed by atoms with E-state index >= 15 is 0 Å². The van der Waals surface area contributed by atoms with Crippen LogP contribution in [0.2, 0.25) is 0 Å². The van der Waals surface area contributed by atoms with Gasteiger partial charge in [0.05, 0.1) is 0 Å². The lowest BCUT2D eigenvalue weighted by molar-refractivity contribution is 0.593. The van der Waals surface area contributed by atoms with E-state index in [1.165, 1.54) is 25.7 Å². The van der Waals surface area contributed by atoms with Gasteiger partial charge in [0, 0.05) is 0 Å². The van der Waals surface area contributed by atoms with Gasteiger partial charge in [-0.1, -0.05) is 0 Å². The van der Waals surface area contributed by atoms with E-state index in [9.17, 15) is 0 Å². The van der Waals surface area contributed by atoms with Crippen molar-refractivity contribution in [1.29, 1.82) is 0 Å². The lowest BCUT2D eigenvalue weighted by Crippen LogP contribution is -2.01. The van der Waals surface area contributed by atoms with Crippen molar-refractivity contribution in [2.24, 2.45) is 23.3 Å². The van der Waals surface area contributed by atoms with Crippen LogP contribution in [0.3, 0.4) is 0 Å². The molecule has 0 bridgehead atoms. The smallest absolute Gasteiger partial charge is 0.00745 e. The summed E-state index contributed by atoms with van der Waals surface area (Å²) in [6.45, 7) is 1.72. The molecule has 2 nitrogen and oxygen atoms in total. The fourth-order valence-electron chi connectivity index (χ4n) is 1.61. The Hall–Kier alpha value is -0.0800. The molecule has 0 amide bonds. The van der Waals surface area contributed by atoms with Gasteiger partial charge in [-0.3, -0.25) is 0 Å². The molecule has 1 aliphatic carbocycles. The molecule has 2 unspecified atom stereocenters. The molecule has 0 radical (unpaired) electrons. The van der Waals surface area contributed by atoms with Crippen LogP contribution in [0.5, 0.6) is 0 Å². The van der Waals surface area contributed by atoms with Crippen LogP contribution in [0, 0.1) is 11.8 Å². The van der Waals surface area contributed by atoms with Crippen molar-refractivity contribution >= 4 is 0 Å². The molecule has 0 aromatic carbocycles. The molecule has 0 aliphatic heterocycles. The van der Waals surface area contributed by atoms with E-state index in [2.05, 4.69) is 0 Å². The van der Waals surface area contributed by atoms with E-state index in [0.29, 0.717) is 0 Å². The molecule has 1 rings (SSSR count). The predicted molar refractivity (Wildman–Crippen MR) is 43.6 cm³/mol. The summed E-state index contributed by atoms with van der Waals surface area (Å²) in [6, 6.07) is 0. The number of nitrogens with two attached hydrogens (primary N) is 2. The summed E-state index contributed by atoms with van der Waals surface area (Å²) in [5, 5.41) is 0. The first-order valence-electron chi connectivity index (χ1n) is 4.28. The normalized spacial score (nSPS) is 30.6. The highest BCUT2D eigenvalue weighted by atomic mass is 14.6. The number of hydrogen-bond acceptors (Lipinski definition) is 2. The molecule has 1 fully saturated rings. The van der Waals surface area contributed by atoms with E-state index < -0.39 is 0 Å². The minimum Gasteiger partial charge on any atom is -0.330 e. The van der Waals surface area contributed by atoms with Gasteiger partial charge in [-0.25, -0.2) is 0 Å². The molecule has 0 spiro atoms. The van der Waals surface area contributed by atoms with Crippen molar-refractivity contribution in [1.82, 2.24) is 0 Å². The Morgan fingerprint density at radius 1 is 1.00 bits per heavy atom. The highest BCUT2D eigenvalue weighted by Gasteiger charge is 2.34. The van der Waals surface area contributed by atoms with Crippen LogP contribution in [0.1, 0.15) is 25.7 Å². The Bertz CT molecular complexity index is 93.3. The van der Waals surface area contributed by atoms with Crippen molar-refractivity contribution in [3.05, 3.63) is 0 Å². The van der Waals surface area contributed by atoms with E-state index in [-0.39, 0.29) is 0 Å². The van der Waals surface area contributed by atoms with Crippen LogP contribution in [0.15, 0.2) is 0 Å². The van der Waals surface area contributed by atoms with Gasteiger partial charge in [0.25, 0.3) is 0 Å². The lowest BCUT2D eigenvalue weighted by atomic mass is 10.1. The molecule has 60 valence electrons. The average molecular weight is 142 g/mol. The molecule has 0 aromatic rings. The lowest BCUT2D eigenvalue weighted by Gasteiger charge is -1.95. The van der Waals surface area contributed by atoms with Gasteiger partial charge in [0.1, 0.15) is 0 Å². The molecule has 0 aromatic heterocycles. The number of hydrogen-bond donors (Lipinski definition) is 2. The Morgan fingerprint density at radius 3 is 2.30 bits per heavy atom. The summed E-state index contributed by atoms with van der Waals surface area (Å²) in [5.74, 6) is 1.93. The SMILES string of the molecule is NCCCC1CC1CCN. The van der Waals surface area contributed by atoms with Crippen molar-refractivity contribution in [3.8, 4) is 0 Å². The maximum Gasteiger partial charge on any atom is -0.00745 e. The summed E-state index contributed by atoms with van der Waals surface area (Å²) in [6.07, 6.45) is 5.18. The maximum absolute atomic E-state index is 5.44. The van der Waals surface area contributed by atoms with Crippen LogP contribution < -0.4 is 11.5 Å². The average Bonchev–Trinajstić information content (AvgIpc) is 2.65. The van der Waals surface area contributed by atoms with E-state index in [0.717, 1.165) is 24.9 Å². The molecule has 10 heavy (non-hydrogen) atoms. The molecule has 0 saturated heterocycles. The van der Waals surface area contributed by atoms with Gasteiger partial charge < -0.3 is 11.5 Å². The van der Waals surface area contributed by atoms with Gasteiger partial charge in [0.15, 0.2) is 0 Å². The topological polar surface area (TPSA) is 52.0 Å². The first kappa shape index (κ1) is 8.02. The van der Waals surface area contributed by atoms with Crippen LogP contribution in [0.4, 0.5) is 0 Å². The third-order valence-corrected chi connectivity index (χ3v) is 2.39. The van der Waals surface area contributed by atoms with E-state index in [1.807, 2.05) is 0 Å². The second kappa shape index (κ2) is 3.94. The first-order chi connectivity index (χ1) is 4.88. The van der Waals surface area contributed by atoms with Crippen molar-refractivity contribution in [2.45, 2.75) is 25.7 Å². The van der Waals surface area contributed by atoms with Crippen molar-refractivity contribution in [3.63, 3.8) is 0 Å². The van der Waals surface area contributed by atoms with Crippen molar-refractivity contribution in [2.75, 3.05) is 13.1 Å². The second-order valence-electron chi connectivity index (χ2n) is 3.26. The molecule has 2 heteroatoms. The number of rotatable bonds is 5. The van der Waals surface area contributed by atoms with Crippen LogP contribution in [-0.4, -0.2) is 13.1 Å². The van der Waals surface area contributed by atoms with Gasteiger partial charge in [-0.15, -0.1) is 0 Å². The molecule has 2 atom stereocenters. The van der Waals surface area contributed by atoms with Crippen molar-refractivity contribution < 1.29 is 0 Å². The molecule has 1 saturated carbocycles. The molecule has 0 heterocycles. The highest BCUT2D eigenvalue weighted by molar-refractivity contribution is 4.85. The Labute approximate surface area is 63.0 Å². The van der Waals surface area contributed by atoms with Gasteiger partial charge in [-0.05, 0) is 50.6 Å². The zero-order valence-corrected chi connectivity index (χ0v) is 6.55. The zero-order valence-electron chi connectivity index (χ0n) is 6.55. The monoisotopic (exact) mass is 142 g/mol. The fourth-order valence-corrected chi connectivity index (χ4v) is 1.61. The van der Waals surface area contributed by atoms with Gasteiger partial charge in [0.2, 0.25) is 0 Å². The first-order valence-corrected chi connectivity index (χ1v) is 4.28. The Morgan fingerprint density at radius 2 is 1.70 bits per heavy atom. The third kappa shape index (κ3) is 2.27. The van der Waals surface area contributed by atoms with E-state index in [1.54, 1.807) is 0 Å². The standard InChI is InChI=1S/C8H18N2/c9-4-1-2-7-6-8(7)3-5-10/h7-8H,1-6,9-10H2. The van der Waals surface area contributed by atoms with Gasteiger partial charge in [-0.2, -0.15) is 0 Å². The largest absolute Gasteiger partial charge is 0.330 e. The summed E-state index contributed by atoms with van der Waals surface area (Å²) < 4.78 is 0. The molecular formula is C8H18N2. The molecule has 1 aliphatic rings.